The molecular formula is C16H21NO3S. The van der Waals surface area contributed by atoms with Gasteiger partial charge in [0.15, 0.2) is 0 Å². The van der Waals surface area contributed by atoms with E-state index in [0.29, 0.717) is 18.7 Å². The van der Waals surface area contributed by atoms with Crippen LogP contribution in [0, 0.1) is 13.8 Å². The van der Waals surface area contributed by atoms with Crippen LogP contribution in [-0.4, -0.2) is 40.2 Å². The van der Waals surface area contributed by atoms with E-state index in [-0.39, 0.29) is 5.91 Å². The highest BCUT2D eigenvalue weighted by atomic mass is 32.2. The summed E-state index contributed by atoms with van der Waals surface area (Å²) in [5.41, 5.74) is 2.35. The van der Waals surface area contributed by atoms with Crippen molar-refractivity contribution in [2.75, 3.05) is 12.3 Å². The molecule has 1 unspecified atom stereocenters. The van der Waals surface area contributed by atoms with E-state index in [1.165, 1.54) is 22.2 Å². The van der Waals surface area contributed by atoms with Crippen LogP contribution < -0.4 is 0 Å². The average molecular weight is 307 g/mol. The maximum Gasteiger partial charge on any atom is 0.326 e. The first-order chi connectivity index (χ1) is 9.99. The largest absolute Gasteiger partial charge is 0.480 e. The smallest absolute Gasteiger partial charge is 0.326 e. The number of thioether (sulfide) groups is 1. The van der Waals surface area contributed by atoms with E-state index in [2.05, 4.69) is 6.07 Å². The standard InChI is InChI=1S/C16H21NO3S/c1-11-6-7-14(12(2)9-11)21-10-15(18)17-8-4-3-5-13(17)16(19)20/h6-7,9,13H,3-5,8,10H2,1-2H3,(H,19,20). The Balaban J connectivity index is 1.98. The van der Waals surface area contributed by atoms with Gasteiger partial charge in [0.2, 0.25) is 5.91 Å². The fourth-order valence-corrected chi connectivity index (χ4v) is 3.57. The van der Waals surface area contributed by atoms with Crippen LogP contribution in [0.4, 0.5) is 0 Å². The maximum atomic E-state index is 12.3. The van der Waals surface area contributed by atoms with Gasteiger partial charge in [-0.15, -0.1) is 11.8 Å². The molecule has 1 N–H and O–H groups in total. The number of likely N-dealkylation sites (tertiary alicyclic amines) is 1. The van der Waals surface area contributed by atoms with Crippen molar-refractivity contribution in [3.63, 3.8) is 0 Å². The lowest BCUT2D eigenvalue weighted by Crippen LogP contribution is -2.48. The molecule has 1 heterocycles. The van der Waals surface area contributed by atoms with Crippen molar-refractivity contribution in [2.24, 2.45) is 0 Å². The normalized spacial score (nSPS) is 18.6. The molecule has 1 saturated heterocycles. The van der Waals surface area contributed by atoms with E-state index in [1.54, 1.807) is 0 Å². The quantitative estimate of drug-likeness (QED) is 0.869. The first-order valence-corrected chi connectivity index (χ1v) is 8.20. The van der Waals surface area contributed by atoms with Gasteiger partial charge >= 0.3 is 5.97 Å². The number of aryl methyl sites for hydroxylation is 2. The molecule has 0 aliphatic carbocycles. The molecule has 1 aliphatic heterocycles. The monoisotopic (exact) mass is 307 g/mol. The van der Waals surface area contributed by atoms with Crippen molar-refractivity contribution in [3.05, 3.63) is 29.3 Å². The topological polar surface area (TPSA) is 57.6 Å². The van der Waals surface area contributed by atoms with Crippen molar-refractivity contribution in [2.45, 2.75) is 44.0 Å². The minimum atomic E-state index is -0.889. The van der Waals surface area contributed by atoms with Gasteiger partial charge in [-0.2, -0.15) is 0 Å². The van der Waals surface area contributed by atoms with Crippen LogP contribution in [0.5, 0.6) is 0 Å². The fourth-order valence-electron chi connectivity index (χ4n) is 2.67. The summed E-state index contributed by atoms with van der Waals surface area (Å²) in [5, 5.41) is 9.22. The number of carbonyl (C=O) groups excluding carboxylic acids is 1. The molecule has 1 atom stereocenters. The molecule has 1 aromatic rings. The molecule has 0 bridgehead atoms. The highest BCUT2D eigenvalue weighted by Gasteiger charge is 2.31. The number of nitrogens with zero attached hydrogens (tertiary/aromatic N) is 1. The number of benzene rings is 1. The number of carboxylic acids is 1. The molecular weight excluding hydrogens is 286 g/mol. The minimum absolute atomic E-state index is 0.0768. The third kappa shape index (κ3) is 4.00. The first kappa shape index (κ1) is 15.9. The lowest BCUT2D eigenvalue weighted by Gasteiger charge is -2.32. The van der Waals surface area contributed by atoms with Gasteiger partial charge in [0.25, 0.3) is 0 Å². The summed E-state index contributed by atoms with van der Waals surface area (Å²) in [5.74, 6) is -0.667. The van der Waals surface area contributed by atoms with E-state index in [4.69, 9.17) is 0 Å². The number of carboxylic acid groups (broad SMARTS) is 1. The predicted molar refractivity (Wildman–Crippen MR) is 83.6 cm³/mol. The molecule has 0 saturated carbocycles. The number of hydrogen-bond acceptors (Lipinski definition) is 3. The van der Waals surface area contributed by atoms with Gasteiger partial charge in [-0.25, -0.2) is 4.79 Å². The zero-order valence-corrected chi connectivity index (χ0v) is 13.3. The SMILES string of the molecule is Cc1ccc(SCC(=O)N2CCCCC2C(=O)O)c(C)c1. The van der Waals surface area contributed by atoms with Crippen LogP contribution in [0.3, 0.4) is 0 Å². The third-order valence-electron chi connectivity index (χ3n) is 3.79. The second-order valence-electron chi connectivity index (χ2n) is 5.49. The summed E-state index contributed by atoms with van der Waals surface area (Å²) < 4.78 is 0. The Morgan fingerprint density at radius 2 is 2.10 bits per heavy atom. The predicted octanol–water partition coefficient (Wildman–Crippen LogP) is 2.86. The van der Waals surface area contributed by atoms with Crippen LogP contribution in [0.2, 0.25) is 0 Å². The van der Waals surface area contributed by atoms with Crippen LogP contribution in [0.1, 0.15) is 30.4 Å². The van der Waals surface area contributed by atoms with Gasteiger partial charge in [-0.3, -0.25) is 4.79 Å². The summed E-state index contributed by atoms with van der Waals surface area (Å²) >= 11 is 1.49. The van der Waals surface area contributed by atoms with E-state index >= 15 is 0 Å². The highest BCUT2D eigenvalue weighted by molar-refractivity contribution is 8.00. The fraction of sp³-hybridized carbons (Fsp3) is 0.500. The number of carbonyl (C=O) groups is 2. The Kier molecular flexibility index (Phi) is 5.28. The van der Waals surface area contributed by atoms with E-state index in [0.717, 1.165) is 23.3 Å². The molecule has 5 heteroatoms. The molecule has 2 rings (SSSR count). The zero-order valence-electron chi connectivity index (χ0n) is 12.5. The van der Waals surface area contributed by atoms with Crippen molar-refractivity contribution < 1.29 is 14.7 Å². The number of piperidine rings is 1. The van der Waals surface area contributed by atoms with Crippen molar-refractivity contribution in [3.8, 4) is 0 Å². The van der Waals surface area contributed by atoms with Crippen LogP contribution in [0.15, 0.2) is 23.1 Å². The van der Waals surface area contributed by atoms with E-state index < -0.39 is 12.0 Å². The maximum absolute atomic E-state index is 12.3. The highest BCUT2D eigenvalue weighted by Crippen LogP contribution is 2.25. The minimum Gasteiger partial charge on any atom is -0.480 e. The average Bonchev–Trinajstić information content (AvgIpc) is 2.46. The van der Waals surface area contributed by atoms with Gasteiger partial charge in [0.1, 0.15) is 6.04 Å². The first-order valence-electron chi connectivity index (χ1n) is 7.21. The van der Waals surface area contributed by atoms with E-state index in [1.807, 2.05) is 26.0 Å². The molecule has 0 spiro atoms. The molecule has 1 fully saturated rings. The van der Waals surface area contributed by atoms with E-state index in [9.17, 15) is 14.7 Å². The molecule has 4 nitrogen and oxygen atoms in total. The summed E-state index contributed by atoms with van der Waals surface area (Å²) in [6.45, 7) is 4.63. The second kappa shape index (κ2) is 6.98. The number of amides is 1. The second-order valence-corrected chi connectivity index (χ2v) is 6.51. The summed E-state index contributed by atoms with van der Waals surface area (Å²) in [7, 11) is 0. The van der Waals surface area contributed by atoms with Gasteiger partial charge in [0.05, 0.1) is 5.75 Å². The van der Waals surface area contributed by atoms with Crippen molar-refractivity contribution >= 4 is 23.6 Å². The molecule has 0 radical (unpaired) electrons. The molecule has 0 aromatic heterocycles. The molecule has 1 aromatic carbocycles. The Morgan fingerprint density at radius 3 is 2.76 bits per heavy atom. The number of aliphatic carboxylic acids is 1. The van der Waals surface area contributed by atoms with Crippen LogP contribution in [-0.2, 0) is 9.59 Å². The van der Waals surface area contributed by atoms with Crippen LogP contribution >= 0.6 is 11.8 Å². The molecule has 1 aliphatic rings. The summed E-state index contributed by atoms with van der Waals surface area (Å²) in [6, 6.07) is 5.49. The number of rotatable bonds is 4. The van der Waals surface area contributed by atoms with Gasteiger partial charge in [-0.1, -0.05) is 17.7 Å². The summed E-state index contributed by atoms with van der Waals surface area (Å²) in [4.78, 5) is 26.2. The van der Waals surface area contributed by atoms with Gasteiger partial charge in [0, 0.05) is 11.4 Å². The number of hydrogen-bond donors (Lipinski definition) is 1. The Labute approximate surface area is 129 Å². The Hall–Kier alpha value is -1.49. The van der Waals surface area contributed by atoms with Gasteiger partial charge < -0.3 is 10.0 Å². The van der Waals surface area contributed by atoms with Gasteiger partial charge in [-0.05, 0) is 44.7 Å². The molecule has 114 valence electrons. The van der Waals surface area contributed by atoms with Crippen molar-refractivity contribution in [1.29, 1.82) is 0 Å². The molecule has 21 heavy (non-hydrogen) atoms. The zero-order chi connectivity index (χ0) is 15.4. The third-order valence-corrected chi connectivity index (χ3v) is 4.95. The lowest BCUT2D eigenvalue weighted by atomic mass is 10.0. The Morgan fingerprint density at radius 1 is 1.33 bits per heavy atom. The summed E-state index contributed by atoms with van der Waals surface area (Å²) in [6.07, 6.45) is 2.34. The lowest BCUT2D eigenvalue weighted by molar-refractivity contribution is -0.150. The molecule has 1 amide bonds. The Bertz CT molecular complexity index is 544. The van der Waals surface area contributed by atoms with Crippen molar-refractivity contribution in [1.82, 2.24) is 4.90 Å². The van der Waals surface area contributed by atoms with Crippen LogP contribution in [0.25, 0.3) is 0 Å².